The lowest BCUT2D eigenvalue weighted by Gasteiger charge is -2.36. The van der Waals surface area contributed by atoms with Gasteiger partial charge in [0.1, 0.15) is 24.7 Å². The molecule has 0 spiro atoms. The van der Waals surface area contributed by atoms with E-state index in [1.54, 1.807) is 13.8 Å². The summed E-state index contributed by atoms with van der Waals surface area (Å²) < 4.78 is 90.9. The number of alkyl halides is 6. The lowest BCUT2D eigenvalue weighted by molar-refractivity contribution is -0.353. The van der Waals surface area contributed by atoms with Crippen molar-refractivity contribution in [2.75, 3.05) is 13.2 Å². The fraction of sp³-hybridized carbons (Fsp3) is 0.368. The summed E-state index contributed by atoms with van der Waals surface area (Å²) in [5.41, 5.74) is -2.58. The smallest absolute Gasteiger partial charge is 0.409 e. The number of hydrogen-bond donors (Lipinski definition) is 0. The molecule has 0 radical (unpaired) electrons. The van der Waals surface area contributed by atoms with Crippen LogP contribution in [0.15, 0.2) is 48.5 Å². The van der Waals surface area contributed by atoms with Gasteiger partial charge in [0.2, 0.25) is 5.41 Å². The van der Waals surface area contributed by atoms with Gasteiger partial charge in [0.25, 0.3) is 0 Å². The van der Waals surface area contributed by atoms with Crippen molar-refractivity contribution in [1.82, 2.24) is 0 Å². The molecule has 0 bridgehead atoms. The molecule has 0 saturated carbocycles. The second-order valence-corrected chi connectivity index (χ2v) is 6.28. The Balaban J connectivity index is 2.28. The molecule has 8 heteroatoms. The van der Waals surface area contributed by atoms with E-state index >= 15 is 0 Å². The molecule has 0 aliphatic heterocycles. The minimum Gasteiger partial charge on any atom is -0.492 e. The number of halogens is 6. The molecule has 2 aromatic carbocycles. The summed E-state index contributed by atoms with van der Waals surface area (Å²) >= 11 is 0. The van der Waals surface area contributed by atoms with Gasteiger partial charge in [0.05, 0.1) is 0 Å². The molecule has 0 unspecified atom stereocenters. The molecule has 2 rings (SSSR count). The first-order valence-corrected chi connectivity index (χ1v) is 7.97. The van der Waals surface area contributed by atoms with E-state index in [1.807, 2.05) is 0 Å². The minimum absolute atomic E-state index is 0.0891. The summed E-state index contributed by atoms with van der Waals surface area (Å²) in [5, 5.41) is 0. The summed E-state index contributed by atoms with van der Waals surface area (Å²) in [6.45, 7) is 0.174. The van der Waals surface area contributed by atoms with Crippen LogP contribution in [-0.2, 0) is 0 Å². The van der Waals surface area contributed by atoms with Gasteiger partial charge in [-0.3, -0.25) is 0 Å². The molecule has 2 nitrogen and oxygen atoms in total. The zero-order valence-electron chi connectivity index (χ0n) is 14.6. The van der Waals surface area contributed by atoms with Gasteiger partial charge < -0.3 is 9.47 Å². The highest BCUT2D eigenvalue weighted by molar-refractivity contribution is 5.27. The Morgan fingerprint density at radius 3 is 1.15 bits per heavy atom. The van der Waals surface area contributed by atoms with Crippen LogP contribution in [0.3, 0.4) is 0 Å². The van der Waals surface area contributed by atoms with Crippen LogP contribution < -0.4 is 9.47 Å². The highest BCUT2D eigenvalue weighted by atomic mass is 19.4. The molecule has 148 valence electrons. The van der Waals surface area contributed by atoms with Gasteiger partial charge in [-0.25, -0.2) is 0 Å². The van der Waals surface area contributed by atoms with Gasteiger partial charge in [0.15, 0.2) is 0 Å². The van der Waals surface area contributed by atoms with E-state index in [-0.39, 0.29) is 11.5 Å². The number of hydrogen-bond acceptors (Lipinski definition) is 2. The second kappa shape index (κ2) is 7.70. The van der Waals surface area contributed by atoms with Gasteiger partial charge in [-0.15, -0.1) is 0 Å². The molecule has 0 N–H and O–H groups in total. The van der Waals surface area contributed by atoms with Crippen molar-refractivity contribution in [3.8, 4) is 11.5 Å². The van der Waals surface area contributed by atoms with Crippen molar-refractivity contribution in [3.05, 3.63) is 59.7 Å². The quantitative estimate of drug-likeness (QED) is 0.572. The summed E-state index contributed by atoms with van der Waals surface area (Å²) in [7, 11) is 0. The van der Waals surface area contributed by atoms with Crippen molar-refractivity contribution in [3.63, 3.8) is 0 Å². The van der Waals surface area contributed by atoms with Gasteiger partial charge in [-0.1, -0.05) is 35.4 Å². The van der Waals surface area contributed by atoms with E-state index in [0.717, 1.165) is 11.1 Å². The predicted octanol–water partition coefficient (Wildman–Crippen LogP) is 5.87. The lowest BCUT2D eigenvalue weighted by atomic mass is 9.88. The molecule has 0 heterocycles. The van der Waals surface area contributed by atoms with Crippen molar-refractivity contribution in [2.45, 2.75) is 26.2 Å². The molecule has 0 aliphatic carbocycles. The van der Waals surface area contributed by atoms with Crippen LogP contribution in [0.4, 0.5) is 26.3 Å². The van der Waals surface area contributed by atoms with Gasteiger partial charge in [0, 0.05) is 0 Å². The Morgan fingerprint density at radius 2 is 0.889 bits per heavy atom. The molecule has 0 fully saturated rings. The first-order valence-electron chi connectivity index (χ1n) is 7.97. The maximum atomic E-state index is 13.5. The second-order valence-electron chi connectivity index (χ2n) is 6.28. The minimum atomic E-state index is -5.62. The third-order valence-electron chi connectivity index (χ3n) is 4.10. The Labute approximate surface area is 152 Å². The number of benzene rings is 2. The zero-order chi connectivity index (χ0) is 20.3. The van der Waals surface area contributed by atoms with E-state index in [0.29, 0.717) is 0 Å². The Hall–Kier alpha value is -2.38. The van der Waals surface area contributed by atoms with Crippen LogP contribution in [0.25, 0.3) is 0 Å². The van der Waals surface area contributed by atoms with E-state index in [9.17, 15) is 26.3 Å². The zero-order valence-corrected chi connectivity index (χ0v) is 14.6. The maximum Gasteiger partial charge on any atom is 0.409 e. The molecule has 0 atom stereocenters. The largest absolute Gasteiger partial charge is 0.492 e. The number of rotatable bonds is 6. The summed E-state index contributed by atoms with van der Waals surface area (Å²) in [4.78, 5) is 0. The third-order valence-corrected chi connectivity index (χ3v) is 4.10. The van der Waals surface area contributed by atoms with Crippen LogP contribution in [0.1, 0.15) is 11.1 Å². The lowest BCUT2D eigenvalue weighted by Crippen LogP contribution is -2.57. The van der Waals surface area contributed by atoms with Crippen LogP contribution in [0.2, 0.25) is 0 Å². The number of ether oxygens (including phenoxy) is 2. The van der Waals surface area contributed by atoms with Crippen LogP contribution in [-0.4, -0.2) is 25.6 Å². The normalized spacial score (nSPS) is 12.7. The average Bonchev–Trinajstić information content (AvgIpc) is 2.56. The van der Waals surface area contributed by atoms with E-state index in [1.165, 1.54) is 48.5 Å². The van der Waals surface area contributed by atoms with Crippen LogP contribution >= 0.6 is 0 Å². The predicted molar refractivity (Wildman–Crippen MR) is 87.9 cm³/mol. The molecule has 0 aliphatic rings. The van der Waals surface area contributed by atoms with Crippen LogP contribution in [0, 0.1) is 19.3 Å². The maximum absolute atomic E-state index is 13.5. The molecular formula is C19H18F6O2. The van der Waals surface area contributed by atoms with Crippen molar-refractivity contribution in [2.24, 2.45) is 5.41 Å². The molecule has 0 aromatic heterocycles. The molecule has 27 heavy (non-hydrogen) atoms. The highest BCUT2D eigenvalue weighted by Crippen LogP contribution is 2.50. The van der Waals surface area contributed by atoms with Crippen molar-refractivity contribution < 1.29 is 35.8 Å². The summed E-state index contributed by atoms with van der Waals surface area (Å²) in [6.07, 6.45) is -11.2. The molecule has 0 amide bonds. The number of aryl methyl sites for hydroxylation is 2. The topological polar surface area (TPSA) is 18.5 Å². The first kappa shape index (κ1) is 20.9. The van der Waals surface area contributed by atoms with Gasteiger partial charge >= 0.3 is 12.4 Å². The SMILES string of the molecule is Cc1ccc(OCC(COc2ccc(C)cc2)(C(F)(F)F)C(F)(F)F)cc1. The molecule has 2 aromatic rings. The van der Waals surface area contributed by atoms with Crippen LogP contribution in [0.5, 0.6) is 11.5 Å². The van der Waals surface area contributed by atoms with E-state index in [2.05, 4.69) is 0 Å². The standard InChI is InChI=1S/C19H18F6O2/c1-13-3-7-15(8-4-13)26-11-17(18(20,21)22,19(23,24)25)12-27-16-9-5-14(2)6-10-16/h3-10H,11-12H2,1-2H3. The highest BCUT2D eigenvalue weighted by Gasteiger charge is 2.72. The third kappa shape index (κ3) is 4.87. The molecular weight excluding hydrogens is 374 g/mol. The average molecular weight is 392 g/mol. The van der Waals surface area contributed by atoms with Gasteiger partial charge in [-0.2, -0.15) is 26.3 Å². The Kier molecular flexibility index (Phi) is 5.97. The monoisotopic (exact) mass is 392 g/mol. The van der Waals surface area contributed by atoms with Crippen molar-refractivity contribution in [1.29, 1.82) is 0 Å². The fourth-order valence-electron chi connectivity index (χ4n) is 2.21. The molecule has 0 saturated heterocycles. The first-order chi connectivity index (χ1) is 12.4. The van der Waals surface area contributed by atoms with Gasteiger partial charge in [-0.05, 0) is 38.1 Å². The summed E-state index contributed by atoms with van der Waals surface area (Å²) in [5.74, 6) is -0.178. The van der Waals surface area contributed by atoms with E-state index < -0.39 is 31.0 Å². The van der Waals surface area contributed by atoms with E-state index in [4.69, 9.17) is 9.47 Å². The Morgan fingerprint density at radius 1 is 0.593 bits per heavy atom. The van der Waals surface area contributed by atoms with Crippen molar-refractivity contribution >= 4 is 0 Å². The fourth-order valence-corrected chi connectivity index (χ4v) is 2.21. The Bertz CT molecular complexity index is 667. The summed E-state index contributed by atoms with van der Waals surface area (Å²) in [6, 6.07) is 11.4.